The topological polar surface area (TPSA) is 46.4 Å². The number of hydrogen-bond donors (Lipinski definition) is 1. The van der Waals surface area contributed by atoms with E-state index in [2.05, 4.69) is 15.1 Å². The van der Waals surface area contributed by atoms with Crippen molar-refractivity contribution in [2.24, 2.45) is 5.10 Å². The maximum absolute atomic E-state index is 13.2. The van der Waals surface area contributed by atoms with E-state index in [1.807, 2.05) is 55.6 Å². The van der Waals surface area contributed by atoms with Crippen molar-refractivity contribution in [1.82, 2.24) is 9.99 Å². The predicted octanol–water partition coefficient (Wildman–Crippen LogP) is 4.90. The third-order valence-corrected chi connectivity index (χ3v) is 4.74. The highest BCUT2D eigenvalue weighted by molar-refractivity contribution is 6.00. The van der Waals surface area contributed by atoms with E-state index in [9.17, 15) is 9.18 Å². The molecule has 0 spiro atoms. The van der Waals surface area contributed by atoms with E-state index in [0.717, 1.165) is 27.6 Å². The molecule has 0 radical (unpaired) electrons. The number of amides is 1. The summed E-state index contributed by atoms with van der Waals surface area (Å²) in [6, 6.07) is 21.8. The maximum Gasteiger partial charge on any atom is 0.271 e. The van der Waals surface area contributed by atoms with E-state index in [1.54, 1.807) is 24.4 Å². The summed E-state index contributed by atoms with van der Waals surface area (Å²) in [6.45, 7) is 2.56. The smallest absolute Gasteiger partial charge is 0.271 e. The van der Waals surface area contributed by atoms with Crippen molar-refractivity contribution in [3.05, 3.63) is 107 Å². The predicted molar refractivity (Wildman–Crippen MR) is 114 cm³/mol. The van der Waals surface area contributed by atoms with Gasteiger partial charge in [0.2, 0.25) is 0 Å². The molecule has 29 heavy (non-hydrogen) atoms. The monoisotopic (exact) mass is 385 g/mol. The molecule has 1 aromatic heterocycles. The van der Waals surface area contributed by atoms with Crippen molar-refractivity contribution in [3.8, 4) is 0 Å². The summed E-state index contributed by atoms with van der Waals surface area (Å²) < 4.78 is 15.3. The van der Waals surface area contributed by atoms with Crippen LogP contribution in [0.1, 0.15) is 27.0 Å². The first-order chi connectivity index (χ1) is 14.1. The number of benzene rings is 3. The number of hydrogen-bond acceptors (Lipinski definition) is 2. The average Bonchev–Trinajstić information content (AvgIpc) is 3.07. The summed E-state index contributed by atoms with van der Waals surface area (Å²) >= 11 is 0. The van der Waals surface area contributed by atoms with Crippen LogP contribution >= 0.6 is 0 Å². The zero-order valence-electron chi connectivity index (χ0n) is 16.0. The van der Waals surface area contributed by atoms with Crippen molar-refractivity contribution >= 4 is 23.0 Å². The number of carbonyl (C=O) groups excluding carboxylic acids is 1. The molecule has 0 bridgehead atoms. The molecule has 0 aliphatic heterocycles. The lowest BCUT2D eigenvalue weighted by atomic mass is 10.1. The molecule has 144 valence electrons. The molecule has 0 unspecified atom stereocenters. The molecule has 4 nitrogen and oxygen atoms in total. The second-order valence-corrected chi connectivity index (χ2v) is 6.92. The SMILES string of the molecule is Cc1cccc(C(=O)N/N=C\c2cn(Cc3ccc(F)cc3)c3ccccc23)c1. The van der Waals surface area contributed by atoms with Gasteiger partial charge in [0.05, 0.1) is 6.21 Å². The second-order valence-electron chi connectivity index (χ2n) is 6.92. The van der Waals surface area contributed by atoms with Crippen molar-refractivity contribution in [2.75, 3.05) is 0 Å². The Morgan fingerprint density at radius 2 is 1.86 bits per heavy atom. The summed E-state index contributed by atoms with van der Waals surface area (Å²) in [5.74, 6) is -0.497. The van der Waals surface area contributed by atoms with Crippen LogP contribution in [0.3, 0.4) is 0 Å². The van der Waals surface area contributed by atoms with Gasteiger partial charge in [-0.15, -0.1) is 0 Å². The fourth-order valence-electron chi connectivity index (χ4n) is 3.31. The highest BCUT2D eigenvalue weighted by atomic mass is 19.1. The first kappa shape index (κ1) is 18.6. The van der Waals surface area contributed by atoms with E-state index >= 15 is 0 Å². The van der Waals surface area contributed by atoms with Gasteiger partial charge in [0.1, 0.15) is 5.82 Å². The molecule has 0 aliphatic rings. The molecule has 4 aromatic rings. The Morgan fingerprint density at radius 3 is 2.66 bits per heavy atom. The summed E-state index contributed by atoms with van der Waals surface area (Å²) in [5.41, 5.74) is 7.12. The number of fused-ring (bicyclic) bond motifs is 1. The number of rotatable bonds is 5. The summed E-state index contributed by atoms with van der Waals surface area (Å²) in [7, 11) is 0. The Morgan fingerprint density at radius 1 is 1.07 bits per heavy atom. The largest absolute Gasteiger partial charge is 0.342 e. The van der Waals surface area contributed by atoms with Crippen molar-refractivity contribution < 1.29 is 9.18 Å². The fraction of sp³-hybridized carbons (Fsp3) is 0.0833. The molecule has 1 amide bonds. The maximum atomic E-state index is 13.2. The molecule has 0 atom stereocenters. The van der Waals surface area contributed by atoms with Gasteiger partial charge in [0.15, 0.2) is 0 Å². The normalized spacial score (nSPS) is 11.2. The fourth-order valence-corrected chi connectivity index (χ4v) is 3.31. The van der Waals surface area contributed by atoms with Crippen LogP contribution in [0, 0.1) is 12.7 Å². The van der Waals surface area contributed by atoms with Crippen LogP contribution in [0.25, 0.3) is 10.9 Å². The molecule has 1 N–H and O–H groups in total. The van der Waals surface area contributed by atoms with Crippen molar-refractivity contribution in [2.45, 2.75) is 13.5 Å². The van der Waals surface area contributed by atoms with Gasteiger partial charge in [0.25, 0.3) is 5.91 Å². The highest BCUT2D eigenvalue weighted by Gasteiger charge is 2.08. The summed E-state index contributed by atoms with van der Waals surface area (Å²) in [6.07, 6.45) is 3.63. The van der Waals surface area contributed by atoms with Gasteiger partial charge in [-0.1, -0.05) is 48.0 Å². The number of hydrazone groups is 1. The van der Waals surface area contributed by atoms with Gasteiger partial charge >= 0.3 is 0 Å². The van der Waals surface area contributed by atoms with Gasteiger partial charge in [-0.3, -0.25) is 4.79 Å². The molecule has 0 saturated carbocycles. The lowest BCUT2D eigenvalue weighted by molar-refractivity contribution is 0.0955. The number of para-hydroxylation sites is 1. The van der Waals surface area contributed by atoms with E-state index < -0.39 is 0 Å². The third kappa shape index (κ3) is 4.24. The van der Waals surface area contributed by atoms with E-state index in [0.29, 0.717) is 12.1 Å². The minimum atomic E-state index is -0.250. The second kappa shape index (κ2) is 8.10. The van der Waals surface area contributed by atoms with E-state index in [1.165, 1.54) is 12.1 Å². The van der Waals surface area contributed by atoms with E-state index in [-0.39, 0.29) is 11.7 Å². The molecular weight excluding hydrogens is 365 g/mol. The standard InChI is InChI=1S/C24H20FN3O/c1-17-5-4-6-19(13-17)24(29)27-26-14-20-16-28(23-8-3-2-7-22(20)23)15-18-9-11-21(25)12-10-18/h2-14,16H,15H2,1H3,(H,27,29)/b26-14-. The summed E-state index contributed by atoms with van der Waals surface area (Å²) in [5, 5.41) is 5.17. The van der Waals surface area contributed by atoms with Crippen LogP contribution in [-0.4, -0.2) is 16.7 Å². The average molecular weight is 385 g/mol. The van der Waals surface area contributed by atoms with Crippen LogP contribution in [-0.2, 0) is 6.54 Å². The van der Waals surface area contributed by atoms with Crippen LogP contribution in [0.4, 0.5) is 4.39 Å². The van der Waals surface area contributed by atoms with Gasteiger partial charge in [-0.2, -0.15) is 5.10 Å². The van der Waals surface area contributed by atoms with Gasteiger partial charge in [-0.25, -0.2) is 9.82 Å². The minimum Gasteiger partial charge on any atom is -0.342 e. The number of aromatic nitrogens is 1. The minimum absolute atomic E-state index is 0.247. The first-order valence-corrected chi connectivity index (χ1v) is 9.32. The lowest BCUT2D eigenvalue weighted by Gasteiger charge is -2.05. The van der Waals surface area contributed by atoms with Gasteiger partial charge in [0, 0.05) is 34.8 Å². The molecule has 5 heteroatoms. The Balaban J connectivity index is 1.56. The van der Waals surface area contributed by atoms with Crippen LogP contribution in [0.2, 0.25) is 0 Å². The number of carbonyl (C=O) groups is 1. The molecule has 1 heterocycles. The highest BCUT2D eigenvalue weighted by Crippen LogP contribution is 2.21. The van der Waals surface area contributed by atoms with Crippen molar-refractivity contribution in [3.63, 3.8) is 0 Å². The van der Waals surface area contributed by atoms with Crippen LogP contribution in [0.5, 0.6) is 0 Å². The Kier molecular flexibility index (Phi) is 5.20. The van der Waals surface area contributed by atoms with E-state index in [4.69, 9.17) is 0 Å². The van der Waals surface area contributed by atoms with Gasteiger partial charge < -0.3 is 4.57 Å². The Bertz CT molecular complexity index is 1190. The molecule has 0 aliphatic carbocycles. The zero-order valence-corrected chi connectivity index (χ0v) is 16.0. The molecule has 0 saturated heterocycles. The molecular formula is C24H20FN3O. The lowest BCUT2D eigenvalue weighted by Crippen LogP contribution is -2.17. The Labute approximate surface area is 168 Å². The third-order valence-electron chi connectivity index (χ3n) is 4.74. The quantitative estimate of drug-likeness (QED) is 0.385. The van der Waals surface area contributed by atoms with Crippen molar-refractivity contribution in [1.29, 1.82) is 0 Å². The first-order valence-electron chi connectivity index (χ1n) is 9.32. The number of nitrogens with one attached hydrogen (secondary N) is 1. The molecule has 4 rings (SSSR count). The zero-order chi connectivity index (χ0) is 20.2. The molecule has 0 fully saturated rings. The molecule has 3 aromatic carbocycles. The van der Waals surface area contributed by atoms with Crippen LogP contribution in [0.15, 0.2) is 84.1 Å². The summed E-state index contributed by atoms with van der Waals surface area (Å²) in [4.78, 5) is 12.3. The number of halogens is 1. The van der Waals surface area contributed by atoms with Crippen LogP contribution < -0.4 is 5.43 Å². The number of nitrogens with zero attached hydrogens (tertiary/aromatic N) is 2. The Hall–Kier alpha value is -3.73. The number of aryl methyl sites for hydroxylation is 1. The van der Waals surface area contributed by atoms with Gasteiger partial charge in [-0.05, 0) is 42.8 Å².